The van der Waals surface area contributed by atoms with Gasteiger partial charge in [0.1, 0.15) is 5.52 Å². The first-order valence-corrected chi connectivity index (χ1v) is 11.0. The van der Waals surface area contributed by atoms with Crippen LogP contribution in [0.1, 0.15) is 17.4 Å². The van der Waals surface area contributed by atoms with Crippen molar-refractivity contribution in [1.82, 2.24) is 14.3 Å². The Balaban J connectivity index is 1.86. The number of hydrogen-bond acceptors (Lipinski definition) is 3. The van der Waals surface area contributed by atoms with E-state index in [0.29, 0.717) is 28.2 Å². The predicted molar refractivity (Wildman–Crippen MR) is 133 cm³/mol. The first kappa shape index (κ1) is 21.0. The third kappa shape index (κ3) is 3.39. The number of aromatic nitrogens is 3. The smallest absolute Gasteiger partial charge is 0.296 e. The lowest BCUT2D eigenvalue weighted by atomic mass is 10.1. The van der Waals surface area contributed by atoms with Gasteiger partial charge in [-0.2, -0.15) is 9.78 Å². The van der Waals surface area contributed by atoms with Crippen LogP contribution in [0, 0.1) is 0 Å². The number of fused-ring (bicyclic) bond motifs is 3. The number of hydrogen-bond donors (Lipinski definition) is 0. The highest BCUT2D eigenvalue weighted by molar-refractivity contribution is 6.30. The van der Waals surface area contributed by atoms with Crippen LogP contribution in [0.3, 0.4) is 0 Å². The normalized spacial score (nSPS) is 11.2. The van der Waals surface area contributed by atoms with E-state index >= 15 is 0 Å². The van der Waals surface area contributed by atoms with E-state index in [4.69, 9.17) is 11.6 Å². The number of halogens is 1. The molecule has 0 atom stereocenters. The molecule has 0 aliphatic rings. The van der Waals surface area contributed by atoms with Crippen molar-refractivity contribution < 1.29 is 4.79 Å². The molecule has 0 saturated heterocycles. The fourth-order valence-electron chi connectivity index (χ4n) is 4.27. The summed E-state index contributed by atoms with van der Waals surface area (Å²) in [5.41, 5.74) is 2.51. The number of rotatable bonds is 4. The summed E-state index contributed by atoms with van der Waals surface area (Å²) in [4.78, 5) is 29.2. The molecule has 0 saturated carbocycles. The second-order valence-electron chi connectivity index (χ2n) is 7.73. The average Bonchev–Trinajstić information content (AvgIpc) is 3.14. The number of carbonyl (C=O) groups excluding carboxylic acids is 1. The third-order valence-electron chi connectivity index (χ3n) is 5.84. The van der Waals surface area contributed by atoms with Crippen molar-refractivity contribution in [3.63, 3.8) is 0 Å². The molecule has 5 aromatic rings. The SMILES string of the molecule is CCN(C(=O)c1nn(-c2ccc(Cl)cc2)c(=O)c2c1c1ccccc1n2C)c1ccccc1. The van der Waals surface area contributed by atoms with Gasteiger partial charge in [0.05, 0.1) is 5.69 Å². The van der Waals surface area contributed by atoms with E-state index in [9.17, 15) is 9.59 Å². The molecule has 0 N–H and O–H groups in total. The maximum atomic E-state index is 13.9. The number of aryl methyl sites for hydroxylation is 1. The number of para-hydroxylation sites is 2. The number of carbonyl (C=O) groups is 1. The molecule has 2 aromatic heterocycles. The minimum atomic E-state index is -0.301. The highest BCUT2D eigenvalue weighted by atomic mass is 35.5. The van der Waals surface area contributed by atoms with Crippen molar-refractivity contribution in [3.05, 3.63) is 99.9 Å². The highest BCUT2D eigenvalue weighted by Gasteiger charge is 2.26. The second kappa shape index (κ2) is 8.22. The third-order valence-corrected chi connectivity index (χ3v) is 6.09. The Morgan fingerprint density at radius 2 is 1.64 bits per heavy atom. The zero-order valence-electron chi connectivity index (χ0n) is 18.2. The Hall–Kier alpha value is -3.90. The number of anilines is 1. The number of nitrogens with zero attached hydrogens (tertiary/aromatic N) is 4. The Morgan fingerprint density at radius 1 is 0.970 bits per heavy atom. The van der Waals surface area contributed by atoms with E-state index in [0.717, 1.165) is 16.6 Å². The summed E-state index contributed by atoms with van der Waals surface area (Å²) in [5, 5.41) is 6.54. The Kier molecular flexibility index (Phi) is 5.23. The van der Waals surface area contributed by atoms with E-state index in [-0.39, 0.29) is 17.2 Å². The van der Waals surface area contributed by atoms with Crippen molar-refractivity contribution >= 4 is 45.0 Å². The molecule has 3 aromatic carbocycles. The van der Waals surface area contributed by atoms with Crippen molar-refractivity contribution in [2.24, 2.45) is 7.05 Å². The van der Waals surface area contributed by atoms with Crippen molar-refractivity contribution in [3.8, 4) is 5.69 Å². The van der Waals surface area contributed by atoms with Crippen LogP contribution >= 0.6 is 11.6 Å². The van der Waals surface area contributed by atoms with Gasteiger partial charge in [0.2, 0.25) is 0 Å². The van der Waals surface area contributed by atoms with Crippen LogP contribution in [0.15, 0.2) is 83.7 Å². The number of benzene rings is 3. The van der Waals surface area contributed by atoms with E-state index < -0.39 is 0 Å². The van der Waals surface area contributed by atoms with E-state index in [2.05, 4.69) is 5.10 Å². The molecule has 7 heteroatoms. The lowest BCUT2D eigenvalue weighted by Crippen LogP contribution is -2.34. The molecular weight excluding hydrogens is 436 g/mol. The summed E-state index contributed by atoms with van der Waals surface area (Å²) in [5.74, 6) is -0.271. The van der Waals surface area contributed by atoms with Crippen LogP contribution in [0.25, 0.3) is 27.5 Å². The monoisotopic (exact) mass is 456 g/mol. The van der Waals surface area contributed by atoms with E-state index in [1.54, 1.807) is 29.2 Å². The summed E-state index contributed by atoms with van der Waals surface area (Å²) in [6.45, 7) is 2.37. The van der Waals surface area contributed by atoms with Gasteiger partial charge in [-0.15, -0.1) is 0 Å². The van der Waals surface area contributed by atoms with Crippen LogP contribution in [-0.4, -0.2) is 26.8 Å². The molecular formula is C26H21ClN4O2. The Labute approximate surface area is 195 Å². The maximum absolute atomic E-state index is 13.9. The molecule has 33 heavy (non-hydrogen) atoms. The molecule has 0 bridgehead atoms. The summed E-state index contributed by atoms with van der Waals surface area (Å²) in [6.07, 6.45) is 0. The Bertz CT molecular complexity index is 1550. The molecule has 164 valence electrons. The van der Waals surface area contributed by atoms with Crippen LogP contribution < -0.4 is 10.5 Å². The summed E-state index contributed by atoms with van der Waals surface area (Å²) in [6, 6.07) is 23.9. The van der Waals surface area contributed by atoms with Gasteiger partial charge < -0.3 is 9.47 Å². The molecule has 2 heterocycles. The van der Waals surface area contributed by atoms with E-state index in [1.807, 2.05) is 73.1 Å². The fourth-order valence-corrected chi connectivity index (χ4v) is 4.39. The van der Waals surface area contributed by atoms with Crippen LogP contribution in [-0.2, 0) is 7.05 Å². The molecule has 6 nitrogen and oxygen atoms in total. The van der Waals surface area contributed by atoms with Crippen molar-refractivity contribution in [2.75, 3.05) is 11.4 Å². The van der Waals surface area contributed by atoms with Gasteiger partial charge in [-0.1, -0.05) is 48.0 Å². The van der Waals surface area contributed by atoms with Crippen LogP contribution in [0.5, 0.6) is 0 Å². The van der Waals surface area contributed by atoms with Gasteiger partial charge in [-0.25, -0.2) is 0 Å². The van der Waals surface area contributed by atoms with Gasteiger partial charge in [-0.05, 0) is 49.4 Å². The van der Waals surface area contributed by atoms with Crippen molar-refractivity contribution in [2.45, 2.75) is 6.92 Å². The van der Waals surface area contributed by atoms with Gasteiger partial charge in [0.25, 0.3) is 11.5 Å². The minimum absolute atomic E-state index is 0.224. The lowest BCUT2D eigenvalue weighted by Gasteiger charge is -2.21. The molecule has 5 rings (SSSR count). The number of amides is 1. The first-order valence-electron chi connectivity index (χ1n) is 10.6. The van der Waals surface area contributed by atoms with Crippen molar-refractivity contribution in [1.29, 1.82) is 0 Å². The summed E-state index contributed by atoms with van der Waals surface area (Å²) in [7, 11) is 1.83. The lowest BCUT2D eigenvalue weighted by molar-refractivity contribution is 0.0983. The van der Waals surface area contributed by atoms with Crippen LogP contribution in [0.2, 0.25) is 5.02 Å². The average molecular weight is 457 g/mol. The van der Waals surface area contributed by atoms with Gasteiger partial charge in [0.15, 0.2) is 5.69 Å². The molecule has 0 aliphatic heterocycles. The van der Waals surface area contributed by atoms with E-state index in [1.165, 1.54) is 4.68 Å². The second-order valence-corrected chi connectivity index (χ2v) is 8.16. The zero-order chi connectivity index (χ0) is 23.1. The maximum Gasteiger partial charge on any atom is 0.296 e. The molecule has 0 spiro atoms. The molecule has 0 aliphatic carbocycles. The van der Waals surface area contributed by atoms with Gasteiger partial charge in [0, 0.05) is 40.6 Å². The molecule has 0 unspecified atom stereocenters. The quantitative estimate of drug-likeness (QED) is 0.373. The standard InChI is InChI=1S/C26H21ClN4O2/c1-3-30(18-9-5-4-6-10-18)25(32)23-22-20-11-7-8-12-21(20)29(2)24(22)26(33)31(28-23)19-15-13-17(27)14-16-19/h4-16H,3H2,1-2H3. The molecule has 0 fully saturated rings. The highest BCUT2D eigenvalue weighted by Crippen LogP contribution is 2.30. The summed E-state index contributed by atoms with van der Waals surface area (Å²) >= 11 is 6.05. The minimum Gasteiger partial charge on any atom is -0.339 e. The first-order chi connectivity index (χ1) is 16.0. The van der Waals surface area contributed by atoms with Gasteiger partial charge >= 0.3 is 0 Å². The fraction of sp³-hybridized carbons (Fsp3) is 0.115. The molecule has 1 amide bonds. The predicted octanol–water partition coefficient (Wildman–Crippen LogP) is 5.20. The largest absolute Gasteiger partial charge is 0.339 e. The molecule has 0 radical (unpaired) electrons. The summed E-state index contributed by atoms with van der Waals surface area (Å²) < 4.78 is 3.11. The van der Waals surface area contributed by atoms with Crippen LogP contribution in [0.4, 0.5) is 5.69 Å². The topological polar surface area (TPSA) is 60.1 Å². The zero-order valence-corrected chi connectivity index (χ0v) is 19.0. The van der Waals surface area contributed by atoms with Gasteiger partial charge in [-0.3, -0.25) is 9.59 Å². The Morgan fingerprint density at radius 3 is 2.33 bits per heavy atom.